The Labute approximate surface area is 141 Å². The lowest BCUT2D eigenvalue weighted by Crippen LogP contribution is -2.03. The van der Waals surface area contributed by atoms with Crippen LogP contribution in [0.15, 0.2) is 30.5 Å². The fraction of sp³-hybridized carbons (Fsp3) is 0.143. The van der Waals surface area contributed by atoms with E-state index in [0.717, 1.165) is 0 Å². The Morgan fingerprint density at radius 2 is 1.95 bits per heavy atom. The van der Waals surface area contributed by atoms with Crippen LogP contribution in [0.3, 0.4) is 0 Å². The number of benzene rings is 1. The summed E-state index contributed by atoms with van der Waals surface area (Å²) < 4.78 is 1.80. The molecule has 0 saturated carbocycles. The van der Waals surface area contributed by atoms with Crippen LogP contribution in [0.1, 0.15) is 18.1 Å². The maximum Gasteiger partial charge on any atom is 0.164 e. The van der Waals surface area contributed by atoms with E-state index in [1.165, 1.54) is 0 Å². The van der Waals surface area contributed by atoms with Gasteiger partial charge in [0.1, 0.15) is 11.3 Å². The van der Waals surface area contributed by atoms with Gasteiger partial charge in [-0.1, -0.05) is 40.9 Å². The summed E-state index contributed by atoms with van der Waals surface area (Å²) in [6, 6.07) is 7.12. The number of nitrogens with zero attached hydrogens (tertiary/aromatic N) is 3. The second-order valence-electron chi connectivity index (χ2n) is 4.49. The zero-order valence-electron chi connectivity index (χ0n) is 10.8. The molecule has 0 aliphatic carbocycles. The van der Waals surface area contributed by atoms with E-state index in [1.54, 1.807) is 22.9 Å². The van der Waals surface area contributed by atoms with Gasteiger partial charge in [0.25, 0.3) is 0 Å². The van der Waals surface area contributed by atoms with Crippen molar-refractivity contribution in [2.24, 2.45) is 0 Å². The first-order valence-corrected chi connectivity index (χ1v) is 7.68. The summed E-state index contributed by atoms with van der Waals surface area (Å²) in [6.07, 6.45) is 1.56. The molecule has 1 unspecified atom stereocenters. The van der Waals surface area contributed by atoms with Crippen LogP contribution in [-0.4, -0.2) is 14.5 Å². The molecule has 3 nitrogen and oxygen atoms in total. The van der Waals surface area contributed by atoms with Crippen LogP contribution >= 0.6 is 46.4 Å². The topological polar surface area (TPSA) is 30.7 Å². The van der Waals surface area contributed by atoms with Crippen molar-refractivity contribution < 1.29 is 0 Å². The van der Waals surface area contributed by atoms with E-state index >= 15 is 0 Å². The lowest BCUT2D eigenvalue weighted by atomic mass is 10.3. The molecule has 1 atom stereocenters. The van der Waals surface area contributed by atoms with E-state index in [4.69, 9.17) is 46.4 Å². The molecule has 0 aliphatic heterocycles. The fourth-order valence-corrected chi connectivity index (χ4v) is 2.81. The van der Waals surface area contributed by atoms with Crippen LogP contribution in [0.25, 0.3) is 16.9 Å². The molecular weight excluding hydrogens is 352 g/mol. The summed E-state index contributed by atoms with van der Waals surface area (Å²) in [7, 11) is 0. The Kier molecular flexibility index (Phi) is 4.02. The Balaban J connectivity index is 2.39. The highest BCUT2D eigenvalue weighted by molar-refractivity contribution is 6.43. The smallest absolute Gasteiger partial charge is 0.164 e. The number of imidazole rings is 1. The Morgan fingerprint density at radius 3 is 2.67 bits per heavy atom. The van der Waals surface area contributed by atoms with E-state index in [9.17, 15) is 0 Å². The molecule has 7 heteroatoms. The summed E-state index contributed by atoms with van der Waals surface area (Å²) in [5, 5.41) is 1.07. The van der Waals surface area contributed by atoms with Crippen molar-refractivity contribution in [3.63, 3.8) is 0 Å². The number of fused-ring (bicyclic) bond motifs is 1. The van der Waals surface area contributed by atoms with Gasteiger partial charge >= 0.3 is 0 Å². The second kappa shape index (κ2) is 5.65. The Bertz CT molecular complexity index is 826. The van der Waals surface area contributed by atoms with E-state index in [2.05, 4.69) is 9.97 Å². The number of hydrogen-bond acceptors (Lipinski definition) is 2. The predicted octanol–water partition coefficient (Wildman–Crippen LogP) is 5.68. The molecule has 0 N–H and O–H groups in total. The van der Waals surface area contributed by atoms with Gasteiger partial charge in [-0.25, -0.2) is 9.97 Å². The Hall–Kier alpha value is -1.000. The van der Waals surface area contributed by atoms with E-state index in [-0.39, 0.29) is 5.38 Å². The van der Waals surface area contributed by atoms with Crippen LogP contribution in [-0.2, 0) is 0 Å². The molecule has 2 heterocycles. The molecule has 0 aliphatic rings. The number of halogens is 4. The number of pyridine rings is 1. The number of aromatic nitrogens is 3. The van der Waals surface area contributed by atoms with Gasteiger partial charge in [0, 0.05) is 6.20 Å². The first-order valence-electron chi connectivity index (χ1n) is 6.11. The highest BCUT2D eigenvalue weighted by Gasteiger charge is 2.20. The van der Waals surface area contributed by atoms with Gasteiger partial charge in [0.15, 0.2) is 5.65 Å². The van der Waals surface area contributed by atoms with Crippen LogP contribution in [0.2, 0.25) is 15.1 Å². The van der Waals surface area contributed by atoms with Crippen molar-refractivity contribution in [3.8, 4) is 5.69 Å². The average Bonchev–Trinajstić information content (AvgIpc) is 2.80. The quantitative estimate of drug-likeness (QED) is 0.550. The van der Waals surface area contributed by atoms with E-state index in [1.807, 2.05) is 19.1 Å². The summed E-state index contributed by atoms with van der Waals surface area (Å²) in [5.74, 6) is 0.630. The average molecular weight is 361 g/mol. The fourth-order valence-electron chi connectivity index (χ4n) is 2.13. The third-order valence-corrected chi connectivity index (χ3v) is 4.23. The molecule has 0 spiro atoms. The standard InChI is InChI=1S/C14H9Cl4N3/c1-7(15)13-20-10-5-8(16)6-19-14(10)21(13)11-4-2-3-9(17)12(11)18/h2-7H,1H3. The lowest BCUT2D eigenvalue weighted by Gasteiger charge is -2.12. The predicted molar refractivity (Wildman–Crippen MR) is 88.2 cm³/mol. The minimum Gasteiger partial charge on any atom is -0.278 e. The molecule has 0 radical (unpaired) electrons. The molecule has 108 valence electrons. The lowest BCUT2D eigenvalue weighted by molar-refractivity contribution is 0.877. The SMILES string of the molecule is CC(Cl)c1nc2cc(Cl)cnc2n1-c1cccc(Cl)c1Cl. The van der Waals surface area contributed by atoms with Gasteiger partial charge in [-0.2, -0.15) is 0 Å². The van der Waals surface area contributed by atoms with Crippen molar-refractivity contribution >= 4 is 57.6 Å². The minimum absolute atomic E-state index is 0.326. The summed E-state index contributed by atoms with van der Waals surface area (Å²) in [4.78, 5) is 8.84. The van der Waals surface area contributed by atoms with Gasteiger partial charge in [-0.15, -0.1) is 11.6 Å². The van der Waals surface area contributed by atoms with Crippen LogP contribution < -0.4 is 0 Å². The molecule has 0 fully saturated rings. The van der Waals surface area contributed by atoms with Crippen LogP contribution in [0, 0.1) is 0 Å². The van der Waals surface area contributed by atoms with Gasteiger partial charge < -0.3 is 0 Å². The normalized spacial score (nSPS) is 12.8. The van der Waals surface area contributed by atoms with Gasteiger partial charge in [-0.05, 0) is 25.1 Å². The molecule has 1 aromatic carbocycles. The third kappa shape index (κ3) is 2.59. The molecule has 0 amide bonds. The van der Waals surface area contributed by atoms with Gasteiger partial charge in [0.2, 0.25) is 0 Å². The molecule has 3 aromatic rings. The summed E-state index contributed by atoms with van der Waals surface area (Å²) in [6.45, 7) is 1.83. The molecule has 0 saturated heterocycles. The minimum atomic E-state index is -0.326. The second-order valence-corrected chi connectivity index (χ2v) is 6.37. The third-order valence-electron chi connectivity index (χ3n) is 3.02. The van der Waals surface area contributed by atoms with Gasteiger partial charge in [-0.3, -0.25) is 4.57 Å². The van der Waals surface area contributed by atoms with E-state index < -0.39 is 0 Å². The molecular formula is C14H9Cl4N3. The highest BCUT2D eigenvalue weighted by atomic mass is 35.5. The van der Waals surface area contributed by atoms with Crippen molar-refractivity contribution in [1.29, 1.82) is 0 Å². The van der Waals surface area contributed by atoms with E-state index in [0.29, 0.717) is 37.7 Å². The van der Waals surface area contributed by atoms with Crippen LogP contribution in [0.4, 0.5) is 0 Å². The van der Waals surface area contributed by atoms with Crippen LogP contribution in [0.5, 0.6) is 0 Å². The molecule has 0 bridgehead atoms. The Morgan fingerprint density at radius 1 is 1.19 bits per heavy atom. The zero-order valence-corrected chi connectivity index (χ0v) is 13.8. The van der Waals surface area contributed by atoms with Gasteiger partial charge in [0.05, 0.1) is 26.1 Å². The first kappa shape index (κ1) is 14.9. The molecule has 3 rings (SSSR count). The molecule has 21 heavy (non-hydrogen) atoms. The number of rotatable bonds is 2. The van der Waals surface area contributed by atoms with Crippen molar-refractivity contribution in [1.82, 2.24) is 14.5 Å². The number of hydrogen-bond donors (Lipinski definition) is 0. The zero-order chi connectivity index (χ0) is 15.1. The molecule has 2 aromatic heterocycles. The summed E-state index contributed by atoms with van der Waals surface area (Å²) in [5.41, 5.74) is 1.97. The maximum atomic E-state index is 6.32. The largest absolute Gasteiger partial charge is 0.278 e. The maximum absolute atomic E-state index is 6.32. The number of alkyl halides is 1. The first-order chi connectivity index (χ1) is 9.99. The van der Waals surface area contributed by atoms with Crippen molar-refractivity contribution in [2.75, 3.05) is 0 Å². The summed E-state index contributed by atoms with van der Waals surface area (Å²) >= 11 is 24.6. The van der Waals surface area contributed by atoms with Crippen molar-refractivity contribution in [3.05, 3.63) is 51.4 Å². The van der Waals surface area contributed by atoms with Crippen molar-refractivity contribution in [2.45, 2.75) is 12.3 Å². The highest BCUT2D eigenvalue weighted by Crippen LogP contribution is 2.34. The monoisotopic (exact) mass is 359 g/mol.